The maximum Gasteiger partial charge on any atom is 0.213 e. The third-order valence-corrected chi connectivity index (χ3v) is 2.29. The average molecular weight is 214 g/mol. The molecule has 2 rings (SSSR count). The Morgan fingerprint density at radius 2 is 1.81 bits per heavy atom. The van der Waals surface area contributed by atoms with Gasteiger partial charge in [0.25, 0.3) is 0 Å². The summed E-state index contributed by atoms with van der Waals surface area (Å²) in [4.78, 5) is 4.11. The van der Waals surface area contributed by atoms with Gasteiger partial charge < -0.3 is 10.5 Å². The van der Waals surface area contributed by atoms with Crippen LogP contribution >= 0.6 is 0 Å². The van der Waals surface area contributed by atoms with E-state index in [1.54, 1.807) is 6.20 Å². The molecule has 0 saturated carbocycles. The number of nitrogens with two attached hydrogens (primary N) is 1. The van der Waals surface area contributed by atoms with E-state index in [9.17, 15) is 0 Å². The summed E-state index contributed by atoms with van der Waals surface area (Å²) < 4.78 is 5.71. The van der Waals surface area contributed by atoms with Crippen molar-refractivity contribution >= 4 is 0 Å². The molecule has 0 aliphatic heterocycles. The highest BCUT2D eigenvalue weighted by atomic mass is 16.5. The van der Waals surface area contributed by atoms with E-state index in [4.69, 9.17) is 10.5 Å². The van der Waals surface area contributed by atoms with Gasteiger partial charge in [0.15, 0.2) is 0 Å². The zero-order valence-corrected chi connectivity index (χ0v) is 8.91. The predicted octanol–water partition coefficient (Wildman–Crippen LogP) is 2.16. The summed E-state index contributed by atoms with van der Waals surface area (Å²) >= 11 is 0. The maximum atomic E-state index is 5.71. The first-order valence-corrected chi connectivity index (χ1v) is 5.23. The van der Waals surface area contributed by atoms with Crippen LogP contribution < -0.4 is 10.5 Å². The Morgan fingerprint density at radius 3 is 2.44 bits per heavy atom. The van der Waals surface area contributed by atoms with E-state index in [-0.39, 0.29) is 6.10 Å². The van der Waals surface area contributed by atoms with Gasteiger partial charge in [-0.15, -0.1) is 0 Å². The minimum absolute atomic E-state index is 0.143. The number of hydrogen-bond acceptors (Lipinski definition) is 3. The van der Waals surface area contributed by atoms with Crippen LogP contribution in [0.3, 0.4) is 0 Å². The van der Waals surface area contributed by atoms with Crippen LogP contribution in [0.2, 0.25) is 0 Å². The van der Waals surface area contributed by atoms with E-state index < -0.39 is 0 Å². The Labute approximate surface area is 94.9 Å². The van der Waals surface area contributed by atoms with Crippen molar-refractivity contribution in [3.63, 3.8) is 0 Å². The van der Waals surface area contributed by atoms with E-state index in [1.165, 1.54) is 0 Å². The lowest BCUT2D eigenvalue weighted by molar-refractivity contribution is 0.205. The van der Waals surface area contributed by atoms with Crippen LogP contribution in [-0.4, -0.2) is 11.5 Å². The van der Waals surface area contributed by atoms with Crippen molar-refractivity contribution in [1.82, 2.24) is 4.98 Å². The van der Waals surface area contributed by atoms with Crippen molar-refractivity contribution in [3.8, 4) is 5.88 Å². The summed E-state index contributed by atoms with van der Waals surface area (Å²) in [5.41, 5.74) is 6.77. The van der Waals surface area contributed by atoms with Crippen LogP contribution in [0.25, 0.3) is 0 Å². The minimum atomic E-state index is -0.143. The van der Waals surface area contributed by atoms with Crippen molar-refractivity contribution in [2.24, 2.45) is 5.73 Å². The normalized spacial score (nSPS) is 12.1. The highest BCUT2D eigenvalue weighted by Crippen LogP contribution is 2.18. The quantitative estimate of drug-likeness (QED) is 0.848. The first kappa shape index (κ1) is 10.6. The molecule has 0 saturated heterocycles. The molecule has 0 aliphatic carbocycles. The number of rotatable bonds is 4. The molecule has 1 heterocycles. The summed E-state index contributed by atoms with van der Waals surface area (Å²) in [6.45, 7) is 0.431. The molecule has 1 aromatic carbocycles. The van der Waals surface area contributed by atoms with Crippen molar-refractivity contribution in [3.05, 3.63) is 60.3 Å². The van der Waals surface area contributed by atoms with E-state index in [0.717, 1.165) is 5.56 Å². The lowest BCUT2D eigenvalue weighted by Gasteiger charge is -2.16. The Hall–Kier alpha value is -1.87. The molecule has 0 aliphatic rings. The van der Waals surface area contributed by atoms with Crippen molar-refractivity contribution in [2.45, 2.75) is 6.10 Å². The monoisotopic (exact) mass is 214 g/mol. The molecular formula is C13H14N2O. The molecule has 2 aromatic rings. The molecule has 3 heteroatoms. The van der Waals surface area contributed by atoms with Crippen LogP contribution in [0.5, 0.6) is 5.88 Å². The Bertz CT molecular complexity index is 416. The van der Waals surface area contributed by atoms with Crippen LogP contribution in [-0.2, 0) is 0 Å². The molecule has 16 heavy (non-hydrogen) atoms. The smallest absolute Gasteiger partial charge is 0.213 e. The first-order valence-electron chi connectivity index (χ1n) is 5.23. The van der Waals surface area contributed by atoms with Gasteiger partial charge in [0.1, 0.15) is 6.10 Å². The lowest BCUT2D eigenvalue weighted by Crippen LogP contribution is -2.18. The standard InChI is InChI=1S/C13H14N2O/c14-10-12(11-6-2-1-3-7-11)16-13-8-4-5-9-15-13/h1-9,12H,10,14H2/t12-/m1/s1. The third-order valence-electron chi connectivity index (χ3n) is 2.29. The van der Waals surface area contributed by atoms with Crippen LogP contribution in [0.1, 0.15) is 11.7 Å². The SMILES string of the molecule is NC[C@@H](Oc1ccccn1)c1ccccc1. The van der Waals surface area contributed by atoms with Gasteiger partial charge >= 0.3 is 0 Å². The van der Waals surface area contributed by atoms with E-state index in [0.29, 0.717) is 12.4 Å². The lowest BCUT2D eigenvalue weighted by atomic mass is 10.1. The van der Waals surface area contributed by atoms with E-state index in [2.05, 4.69) is 4.98 Å². The van der Waals surface area contributed by atoms with Gasteiger partial charge in [0.05, 0.1) is 0 Å². The topological polar surface area (TPSA) is 48.1 Å². The fraction of sp³-hybridized carbons (Fsp3) is 0.154. The number of pyridine rings is 1. The maximum absolute atomic E-state index is 5.71. The summed E-state index contributed by atoms with van der Waals surface area (Å²) in [5.74, 6) is 0.599. The number of benzene rings is 1. The number of hydrogen-bond donors (Lipinski definition) is 1. The van der Waals surface area contributed by atoms with Gasteiger partial charge in [-0.25, -0.2) is 4.98 Å². The van der Waals surface area contributed by atoms with Crippen molar-refractivity contribution in [2.75, 3.05) is 6.54 Å². The summed E-state index contributed by atoms with van der Waals surface area (Å²) in [7, 11) is 0. The number of aromatic nitrogens is 1. The molecule has 0 bridgehead atoms. The van der Waals surface area contributed by atoms with E-state index in [1.807, 2.05) is 48.5 Å². The largest absolute Gasteiger partial charge is 0.468 e. The van der Waals surface area contributed by atoms with Crippen LogP contribution in [0.4, 0.5) is 0 Å². The Balaban J connectivity index is 2.13. The Kier molecular flexibility index (Phi) is 3.51. The molecule has 0 unspecified atom stereocenters. The molecule has 0 amide bonds. The van der Waals surface area contributed by atoms with Gasteiger partial charge in [-0.05, 0) is 11.6 Å². The molecule has 0 fully saturated rings. The third kappa shape index (κ3) is 2.58. The highest BCUT2D eigenvalue weighted by Gasteiger charge is 2.10. The number of nitrogens with zero attached hydrogens (tertiary/aromatic N) is 1. The van der Waals surface area contributed by atoms with E-state index >= 15 is 0 Å². The fourth-order valence-electron chi connectivity index (χ4n) is 1.48. The van der Waals surface area contributed by atoms with Crippen LogP contribution in [0, 0.1) is 0 Å². The molecule has 3 nitrogen and oxygen atoms in total. The molecular weight excluding hydrogens is 200 g/mol. The summed E-state index contributed by atoms with van der Waals surface area (Å²) in [5, 5.41) is 0. The van der Waals surface area contributed by atoms with Crippen molar-refractivity contribution in [1.29, 1.82) is 0 Å². The molecule has 0 radical (unpaired) electrons. The average Bonchev–Trinajstić information content (AvgIpc) is 2.38. The van der Waals surface area contributed by atoms with Gasteiger partial charge in [-0.2, -0.15) is 0 Å². The molecule has 2 N–H and O–H groups in total. The van der Waals surface area contributed by atoms with Crippen molar-refractivity contribution < 1.29 is 4.74 Å². The zero-order chi connectivity index (χ0) is 11.2. The molecule has 1 atom stereocenters. The Morgan fingerprint density at radius 1 is 1.06 bits per heavy atom. The van der Waals surface area contributed by atoms with Gasteiger partial charge in [0, 0.05) is 18.8 Å². The zero-order valence-electron chi connectivity index (χ0n) is 8.91. The van der Waals surface area contributed by atoms with Crippen LogP contribution in [0.15, 0.2) is 54.7 Å². The summed E-state index contributed by atoms with van der Waals surface area (Å²) in [6, 6.07) is 15.5. The predicted molar refractivity (Wildman–Crippen MR) is 63.1 cm³/mol. The number of ether oxygens (including phenoxy) is 1. The second-order valence-corrected chi connectivity index (χ2v) is 3.42. The molecule has 1 aromatic heterocycles. The minimum Gasteiger partial charge on any atom is -0.468 e. The highest BCUT2D eigenvalue weighted by molar-refractivity contribution is 5.20. The fourth-order valence-corrected chi connectivity index (χ4v) is 1.48. The van der Waals surface area contributed by atoms with Gasteiger partial charge in [-0.3, -0.25) is 0 Å². The molecule has 0 spiro atoms. The second kappa shape index (κ2) is 5.28. The van der Waals surface area contributed by atoms with Gasteiger partial charge in [0.2, 0.25) is 5.88 Å². The molecule has 82 valence electrons. The summed E-state index contributed by atoms with van der Waals surface area (Å²) in [6.07, 6.45) is 1.56. The second-order valence-electron chi connectivity index (χ2n) is 3.42. The van der Waals surface area contributed by atoms with Gasteiger partial charge in [-0.1, -0.05) is 36.4 Å². The first-order chi connectivity index (χ1) is 7.90.